The molecule has 0 unspecified atom stereocenters. The zero-order valence-corrected chi connectivity index (χ0v) is 19.2. The molecule has 0 heterocycles. The third-order valence-electron chi connectivity index (χ3n) is 5.41. The first-order valence-corrected chi connectivity index (χ1v) is 11.4. The molecule has 176 valence electrons. The highest BCUT2D eigenvalue weighted by Crippen LogP contribution is 2.31. The Bertz CT molecular complexity index is 847. The molecular formula is C25H34F3N3O. The lowest BCUT2D eigenvalue weighted by molar-refractivity contribution is -0.137. The zero-order chi connectivity index (χ0) is 23.6. The number of benzene rings is 2. The predicted octanol–water partition coefficient (Wildman–Crippen LogP) is 7.07. The number of unbranched alkanes of at least 4 members (excludes halogenated alkanes) is 3. The van der Waals surface area contributed by atoms with Gasteiger partial charge >= 0.3 is 6.18 Å². The molecular weight excluding hydrogens is 415 g/mol. The molecule has 2 aromatic carbocycles. The predicted molar refractivity (Wildman–Crippen MR) is 126 cm³/mol. The molecule has 0 fully saturated rings. The Labute approximate surface area is 189 Å². The summed E-state index contributed by atoms with van der Waals surface area (Å²) in [5, 5.41) is 6.31. The van der Waals surface area contributed by atoms with E-state index in [2.05, 4.69) is 36.3 Å². The number of alkyl halides is 3. The van der Waals surface area contributed by atoms with Crippen LogP contribution in [0.25, 0.3) is 0 Å². The van der Waals surface area contributed by atoms with Gasteiger partial charge in [-0.3, -0.25) is 4.79 Å². The molecule has 0 aliphatic carbocycles. The lowest BCUT2D eigenvalue weighted by Gasteiger charge is -2.25. The van der Waals surface area contributed by atoms with Crippen LogP contribution in [0.3, 0.4) is 0 Å². The van der Waals surface area contributed by atoms with Crippen LogP contribution in [0.2, 0.25) is 0 Å². The van der Waals surface area contributed by atoms with Gasteiger partial charge < -0.3 is 15.5 Å². The average molecular weight is 450 g/mol. The Balaban J connectivity index is 2.09. The van der Waals surface area contributed by atoms with E-state index in [-0.39, 0.29) is 5.91 Å². The quantitative estimate of drug-likeness (QED) is 0.341. The van der Waals surface area contributed by atoms with Crippen molar-refractivity contribution in [2.75, 3.05) is 28.6 Å². The Morgan fingerprint density at radius 3 is 2.22 bits per heavy atom. The largest absolute Gasteiger partial charge is 0.416 e. The number of amides is 1. The molecule has 0 aliphatic heterocycles. The van der Waals surface area contributed by atoms with Gasteiger partial charge in [0.1, 0.15) is 0 Å². The molecule has 2 N–H and O–H groups in total. The van der Waals surface area contributed by atoms with E-state index >= 15 is 0 Å². The normalized spacial score (nSPS) is 11.3. The number of carbonyl (C=O) groups is 1. The maximum Gasteiger partial charge on any atom is 0.416 e. The van der Waals surface area contributed by atoms with E-state index in [0.29, 0.717) is 13.0 Å². The van der Waals surface area contributed by atoms with Gasteiger partial charge in [0.05, 0.1) is 16.9 Å². The SMILES string of the molecule is CCCCCCC(=O)Nc1ccc(NCc2ccc(C(F)(F)F)cc2)cc1N(CC)CC. The first kappa shape index (κ1) is 25.6. The van der Waals surface area contributed by atoms with Gasteiger partial charge in [0.15, 0.2) is 0 Å². The fourth-order valence-corrected chi connectivity index (χ4v) is 3.51. The van der Waals surface area contributed by atoms with Crippen molar-refractivity contribution in [2.24, 2.45) is 0 Å². The molecule has 0 aromatic heterocycles. The van der Waals surface area contributed by atoms with Gasteiger partial charge in [-0.25, -0.2) is 0 Å². The first-order valence-electron chi connectivity index (χ1n) is 11.4. The van der Waals surface area contributed by atoms with Crippen LogP contribution in [0.15, 0.2) is 42.5 Å². The molecule has 2 rings (SSSR count). The number of rotatable bonds is 12. The second-order valence-electron chi connectivity index (χ2n) is 7.81. The van der Waals surface area contributed by atoms with Gasteiger partial charge in [-0.2, -0.15) is 13.2 Å². The van der Waals surface area contributed by atoms with Crippen molar-refractivity contribution < 1.29 is 18.0 Å². The summed E-state index contributed by atoms with van der Waals surface area (Å²) < 4.78 is 38.2. The number of nitrogens with zero attached hydrogens (tertiary/aromatic N) is 1. The highest BCUT2D eigenvalue weighted by molar-refractivity contribution is 5.95. The summed E-state index contributed by atoms with van der Waals surface area (Å²) in [6.45, 7) is 8.24. The third-order valence-corrected chi connectivity index (χ3v) is 5.41. The van der Waals surface area contributed by atoms with Crippen molar-refractivity contribution in [3.05, 3.63) is 53.6 Å². The van der Waals surface area contributed by atoms with Crippen molar-refractivity contribution >= 4 is 23.0 Å². The van der Waals surface area contributed by atoms with Crippen molar-refractivity contribution in [3.8, 4) is 0 Å². The minimum Gasteiger partial charge on any atom is -0.381 e. The second-order valence-corrected chi connectivity index (χ2v) is 7.81. The molecule has 2 aromatic rings. The number of hydrogen-bond donors (Lipinski definition) is 2. The molecule has 0 saturated carbocycles. The first-order chi connectivity index (χ1) is 15.3. The summed E-state index contributed by atoms with van der Waals surface area (Å²) in [6, 6.07) is 10.9. The van der Waals surface area contributed by atoms with Crippen LogP contribution in [-0.2, 0) is 17.5 Å². The fourth-order valence-electron chi connectivity index (χ4n) is 3.51. The van der Waals surface area contributed by atoms with Gasteiger partial charge in [-0.05, 0) is 56.2 Å². The van der Waals surface area contributed by atoms with Gasteiger partial charge in [-0.15, -0.1) is 0 Å². The lowest BCUT2D eigenvalue weighted by Crippen LogP contribution is -2.24. The molecule has 0 saturated heterocycles. The maximum atomic E-state index is 12.7. The second kappa shape index (κ2) is 12.4. The molecule has 0 aliphatic rings. The van der Waals surface area contributed by atoms with Crippen molar-refractivity contribution in [3.63, 3.8) is 0 Å². The highest BCUT2D eigenvalue weighted by atomic mass is 19.4. The summed E-state index contributed by atoms with van der Waals surface area (Å²) in [5.41, 5.74) is 2.64. The molecule has 0 bridgehead atoms. The molecule has 1 amide bonds. The Kier molecular flexibility index (Phi) is 9.88. The number of anilines is 3. The molecule has 0 atom stereocenters. The summed E-state index contributed by atoms with van der Waals surface area (Å²) in [5.74, 6) is 0.0139. The standard InChI is InChI=1S/C25H34F3N3O/c1-4-7-8-9-10-24(32)30-22-16-15-21(17-23(22)31(5-2)6-3)29-18-19-11-13-20(14-12-19)25(26,27)28/h11-17,29H,4-10,18H2,1-3H3,(H,30,32). The third kappa shape index (κ3) is 7.77. The molecule has 0 radical (unpaired) electrons. The van der Waals surface area contributed by atoms with Crippen molar-refractivity contribution in [2.45, 2.75) is 65.6 Å². The molecule has 7 heteroatoms. The van der Waals surface area contributed by atoms with E-state index in [4.69, 9.17) is 0 Å². The average Bonchev–Trinajstić information content (AvgIpc) is 2.77. The number of halogens is 3. The molecule has 0 spiro atoms. The van der Waals surface area contributed by atoms with Crippen LogP contribution in [0.1, 0.15) is 64.0 Å². The number of hydrogen-bond acceptors (Lipinski definition) is 3. The van der Waals surface area contributed by atoms with Crippen LogP contribution in [-0.4, -0.2) is 19.0 Å². The van der Waals surface area contributed by atoms with E-state index in [9.17, 15) is 18.0 Å². The monoisotopic (exact) mass is 449 g/mol. The van der Waals surface area contributed by atoms with Crippen molar-refractivity contribution in [1.29, 1.82) is 0 Å². The molecule has 32 heavy (non-hydrogen) atoms. The summed E-state index contributed by atoms with van der Waals surface area (Å²) in [4.78, 5) is 14.6. The summed E-state index contributed by atoms with van der Waals surface area (Å²) >= 11 is 0. The Morgan fingerprint density at radius 1 is 0.938 bits per heavy atom. The van der Waals surface area contributed by atoms with Crippen LogP contribution in [0.5, 0.6) is 0 Å². The van der Waals surface area contributed by atoms with Gasteiger partial charge in [0.2, 0.25) is 5.91 Å². The minimum atomic E-state index is -4.33. The van der Waals surface area contributed by atoms with Gasteiger partial charge in [0.25, 0.3) is 0 Å². The Morgan fingerprint density at radius 2 is 1.62 bits per heavy atom. The fraction of sp³-hybridized carbons (Fsp3) is 0.480. The number of nitrogens with one attached hydrogen (secondary N) is 2. The minimum absolute atomic E-state index is 0.0139. The van der Waals surface area contributed by atoms with E-state index in [0.717, 1.165) is 73.5 Å². The topological polar surface area (TPSA) is 44.4 Å². The highest BCUT2D eigenvalue weighted by Gasteiger charge is 2.29. The number of carbonyl (C=O) groups excluding carboxylic acids is 1. The van der Waals surface area contributed by atoms with Crippen LogP contribution in [0.4, 0.5) is 30.2 Å². The van der Waals surface area contributed by atoms with Crippen LogP contribution in [0, 0.1) is 0 Å². The smallest absolute Gasteiger partial charge is 0.381 e. The van der Waals surface area contributed by atoms with E-state index in [1.165, 1.54) is 12.1 Å². The van der Waals surface area contributed by atoms with Crippen LogP contribution < -0.4 is 15.5 Å². The van der Waals surface area contributed by atoms with Gasteiger partial charge in [-0.1, -0.05) is 38.3 Å². The van der Waals surface area contributed by atoms with E-state index < -0.39 is 11.7 Å². The van der Waals surface area contributed by atoms with E-state index in [1.807, 2.05) is 18.2 Å². The maximum absolute atomic E-state index is 12.7. The lowest BCUT2D eigenvalue weighted by atomic mass is 10.1. The molecule has 4 nitrogen and oxygen atoms in total. The van der Waals surface area contributed by atoms with Crippen LogP contribution >= 0.6 is 0 Å². The Hall–Kier alpha value is -2.70. The summed E-state index contributed by atoms with van der Waals surface area (Å²) in [7, 11) is 0. The van der Waals surface area contributed by atoms with Gasteiger partial charge in [0, 0.05) is 31.7 Å². The van der Waals surface area contributed by atoms with Crippen molar-refractivity contribution in [1.82, 2.24) is 0 Å². The zero-order valence-electron chi connectivity index (χ0n) is 19.2. The summed E-state index contributed by atoms with van der Waals surface area (Å²) in [6.07, 6.45) is 0.380. The van der Waals surface area contributed by atoms with E-state index in [1.54, 1.807) is 0 Å².